The maximum absolute atomic E-state index is 11.8. The number of likely N-dealkylation sites (N-methyl/N-ethyl adjacent to an activating group) is 1. The highest BCUT2D eigenvalue weighted by atomic mass is 35.5. The van der Waals surface area contributed by atoms with Gasteiger partial charge in [-0.25, -0.2) is 0 Å². The lowest BCUT2D eigenvalue weighted by Crippen LogP contribution is -2.33. The van der Waals surface area contributed by atoms with Crippen molar-refractivity contribution in [2.75, 3.05) is 32.1 Å². The van der Waals surface area contributed by atoms with E-state index >= 15 is 0 Å². The van der Waals surface area contributed by atoms with Gasteiger partial charge >= 0.3 is 0 Å². The van der Waals surface area contributed by atoms with Crippen LogP contribution in [0.3, 0.4) is 0 Å². The molecule has 7 heteroatoms. The first-order chi connectivity index (χ1) is 10.5. The van der Waals surface area contributed by atoms with Gasteiger partial charge in [-0.3, -0.25) is 15.0 Å². The van der Waals surface area contributed by atoms with Crippen molar-refractivity contribution in [1.29, 1.82) is 0 Å². The second kappa shape index (κ2) is 7.82. The molecule has 1 N–H and O–H groups in total. The molecular formula is C15H18ClN3O3. The van der Waals surface area contributed by atoms with Crippen molar-refractivity contribution in [2.24, 2.45) is 0 Å². The minimum absolute atomic E-state index is 0.170. The van der Waals surface area contributed by atoms with E-state index in [2.05, 4.69) is 10.5 Å². The van der Waals surface area contributed by atoms with Crippen molar-refractivity contribution >= 4 is 23.4 Å². The Morgan fingerprint density at radius 1 is 1.45 bits per heavy atom. The van der Waals surface area contributed by atoms with Crippen LogP contribution in [0.1, 0.15) is 5.69 Å². The number of ether oxygens (including phenoxy) is 1. The molecule has 0 saturated heterocycles. The van der Waals surface area contributed by atoms with E-state index in [9.17, 15) is 4.79 Å². The average Bonchev–Trinajstić information content (AvgIpc) is 2.86. The van der Waals surface area contributed by atoms with Gasteiger partial charge in [-0.05, 0) is 26.1 Å². The van der Waals surface area contributed by atoms with Crippen molar-refractivity contribution in [3.8, 4) is 5.75 Å². The highest BCUT2D eigenvalue weighted by Crippen LogP contribution is 2.22. The Labute approximate surface area is 134 Å². The van der Waals surface area contributed by atoms with Crippen LogP contribution in [0.15, 0.2) is 34.9 Å². The normalized spacial score (nSPS) is 10.7. The fourth-order valence-electron chi connectivity index (χ4n) is 1.80. The number of carbonyl (C=O) groups is 1. The number of hydrogen-bond donors (Lipinski definition) is 1. The molecule has 1 amide bonds. The second-order valence-corrected chi connectivity index (χ2v) is 5.30. The topological polar surface area (TPSA) is 67.6 Å². The van der Waals surface area contributed by atoms with Gasteiger partial charge in [0.15, 0.2) is 0 Å². The molecule has 0 saturated carbocycles. The summed E-state index contributed by atoms with van der Waals surface area (Å²) in [5, 5.41) is 6.92. The summed E-state index contributed by atoms with van der Waals surface area (Å²) in [6.07, 6.45) is 0. The first-order valence-electron chi connectivity index (χ1n) is 6.83. The highest BCUT2D eigenvalue weighted by molar-refractivity contribution is 6.32. The van der Waals surface area contributed by atoms with E-state index in [4.69, 9.17) is 20.9 Å². The Balaban J connectivity index is 1.70. The molecule has 0 aliphatic heterocycles. The summed E-state index contributed by atoms with van der Waals surface area (Å²) >= 11 is 6.00. The molecule has 1 aromatic heterocycles. The minimum atomic E-state index is -0.170. The van der Waals surface area contributed by atoms with Crippen LogP contribution in [0.5, 0.6) is 5.75 Å². The highest BCUT2D eigenvalue weighted by Gasteiger charge is 2.10. The van der Waals surface area contributed by atoms with Crippen molar-refractivity contribution in [3.63, 3.8) is 0 Å². The number of benzene rings is 1. The van der Waals surface area contributed by atoms with Gasteiger partial charge in [0.05, 0.1) is 17.3 Å². The van der Waals surface area contributed by atoms with E-state index in [-0.39, 0.29) is 12.5 Å². The fraction of sp³-hybridized carbons (Fsp3) is 0.333. The number of rotatable bonds is 7. The first kappa shape index (κ1) is 16.3. The number of hydrogen-bond acceptors (Lipinski definition) is 5. The van der Waals surface area contributed by atoms with Gasteiger partial charge < -0.3 is 9.26 Å². The third kappa shape index (κ3) is 5.05. The maximum atomic E-state index is 11.8. The average molecular weight is 324 g/mol. The molecular weight excluding hydrogens is 306 g/mol. The molecule has 0 spiro atoms. The number of nitrogens with zero attached hydrogens (tertiary/aromatic N) is 2. The molecule has 6 nitrogen and oxygen atoms in total. The molecule has 2 aromatic rings. The molecule has 0 radical (unpaired) electrons. The maximum Gasteiger partial charge on any atom is 0.240 e. The van der Waals surface area contributed by atoms with Crippen LogP contribution in [0.4, 0.5) is 5.88 Å². The van der Waals surface area contributed by atoms with E-state index in [1.165, 1.54) is 0 Å². The molecule has 0 bridgehead atoms. The molecule has 1 heterocycles. The summed E-state index contributed by atoms with van der Waals surface area (Å²) in [6, 6.07) is 8.95. The molecule has 0 aliphatic rings. The van der Waals surface area contributed by atoms with Crippen LogP contribution in [0, 0.1) is 6.92 Å². The van der Waals surface area contributed by atoms with E-state index < -0.39 is 0 Å². The minimum Gasteiger partial charge on any atom is -0.491 e. The quantitative estimate of drug-likeness (QED) is 0.848. The summed E-state index contributed by atoms with van der Waals surface area (Å²) in [5.41, 5.74) is 0.719. The van der Waals surface area contributed by atoms with Gasteiger partial charge in [0.2, 0.25) is 11.8 Å². The van der Waals surface area contributed by atoms with Crippen molar-refractivity contribution in [1.82, 2.24) is 10.1 Å². The Morgan fingerprint density at radius 3 is 2.91 bits per heavy atom. The Morgan fingerprint density at radius 2 is 2.23 bits per heavy atom. The predicted molar refractivity (Wildman–Crippen MR) is 84.3 cm³/mol. The van der Waals surface area contributed by atoms with Gasteiger partial charge in [0.25, 0.3) is 0 Å². The zero-order valence-corrected chi connectivity index (χ0v) is 13.3. The zero-order chi connectivity index (χ0) is 15.9. The van der Waals surface area contributed by atoms with Crippen LogP contribution in [-0.4, -0.2) is 42.7 Å². The second-order valence-electron chi connectivity index (χ2n) is 4.90. The van der Waals surface area contributed by atoms with E-state index in [0.29, 0.717) is 29.8 Å². The summed E-state index contributed by atoms with van der Waals surface area (Å²) in [4.78, 5) is 13.7. The van der Waals surface area contributed by atoms with E-state index in [0.717, 1.165) is 5.69 Å². The lowest BCUT2D eigenvalue weighted by atomic mass is 10.3. The van der Waals surface area contributed by atoms with Crippen LogP contribution in [0.2, 0.25) is 5.02 Å². The van der Waals surface area contributed by atoms with Crippen molar-refractivity contribution in [3.05, 3.63) is 41.0 Å². The third-order valence-corrected chi connectivity index (χ3v) is 3.18. The zero-order valence-electron chi connectivity index (χ0n) is 12.5. The van der Waals surface area contributed by atoms with Gasteiger partial charge in [-0.2, -0.15) is 0 Å². The number of halogens is 1. The molecule has 0 unspecified atom stereocenters. The van der Waals surface area contributed by atoms with Gasteiger partial charge in [-0.1, -0.05) is 28.9 Å². The lowest BCUT2D eigenvalue weighted by Gasteiger charge is -2.16. The fourth-order valence-corrected chi connectivity index (χ4v) is 1.99. The SMILES string of the molecule is Cc1cc(NC(=O)CN(C)CCOc2ccccc2Cl)on1. The van der Waals surface area contributed by atoms with Gasteiger partial charge in [-0.15, -0.1) is 0 Å². The molecule has 1 aromatic carbocycles. The van der Waals surface area contributed by atoms with Crippen molar-refractivity contribution < 1.29 is 14.1 Å². The summed E-state index contributed by atoms with van der Waals surface area (Å²) in [6.45, 7) is 3.05. The summed E-state index contributed by atoms with van der Waals surface area (Å²) in [7, 11) is 1.83. The van der Waals surface area contributed by atoms with Crippen LogP contribution in [0.25, 0.3) is 0 Å². The molecule has 0 fully saturated rings. The van der Waals surface area contributed by atoms with Crippen molar-refractivity contribution in [2.45, 2.75) is 6.92 Å². The van der Waals surface area contributed by atoms with Crippen LogP contribution >= 0.6 is 11.6 Å². The largest absolute Gasteiger partial charge is 0.491 e. The monoisotopic (exact) mass is 323 g/mol. The van der Waals surface area contributed by atoms with Gasteiger partial charge in [0.1, 0.15) is 12.4 Å². The standard InChI is InChI=1S/C15H18ClN3O3/c1-11-9-15(22-18-11)17-14(20)10-19(2)7-8-21-13-6-4-3-5-12(13)16/h3-6,9H,7-8,10H2,1-2H3,(H,17,20). The number of amides is 1. The first-order valence-corrected chi connectivity index (χ1v) is 7.21. The summed E-state index contributed by atoms with van der Waals surface area (Å²) in [5.74, 6) is 0.818. The molecule has 0 atom stereocenters. The number of aryl methyl sites for hydroxylation is 1. The number of anilines is 1. The smallest absolute Gasteiger partial charge is 0.240 e. The number of nitrogens with one attached hydrogen (secondary N) is 1. The lowest BCUT2D eigenvalue weighted by molar-refractivity contribution is -0.117. The summed E-state index contributed by atoms with van der Waals surface area (Å²) < 4.78 is 10.5. The number of carbonyl (C=O) groups excluding carboxylic acids is 1. The molecule has 118 valence electrons. The third-order valence-electron chi connectivity index (χ3n) is 2.87. The van der Waals surface area contributed by atoms with E-state index in [1.807, 2.05) is 24.1 Å². The molecule has 0 aliphatic carbocycles. The van der Waals surface area contributed by atoms with E-state index in [1.54, 1.807) is 25.1 Å². The number of para-hydroxylation sites is 1. The van der Waals surface area contributed by atoms with Crippen LogP contribution in [-0.2, 0) is 4.79 Å². The van der Waals surface area contributed by atoms with Crippen LogP contribution < -0.4 is 10.1 Å². The predicted octanol–water partition coefficient (Wildman–Crippen LogP) is 2.59. The Hall–Kier alpha value is -2.05. The molecule has 2 rings (SSSR count). The molecule has 22 heavy (non-hydrogen) atoms. The Kier molecular flexibility index (Phi) is 5.80. The Bertz CT molecular complexity index is 630. The number of aromatic nitrogens is 1. The van der Waals surface area contributed by atoms with Gasteiger partial charge in [0, 0.05) is 12.6 Å².